The minimum atomic E-state index is 0.254. The number of aromatic hydroxyl groups is 1. The van der Waals surface area contributed by atoms with Crippen molar-refractivity contribution in [2.75, 3.05) is 0 Å². The van der Waals surface area contributed by atoms with Crippen LogP contribution in [0, 0.1) is 0 Å². The molecule has 2 rings (SSSR count). The summed E-state index contributed by atoms with van der Waals surface area (Å²) in [5.41, 5.74) is 1.75. The van der Waals surface area contributed by atoms with E-state index >= 15 is 0 Å². The standard InChI is InChI=1S/C12H12N2O/c1-2-12-13-7-6-11(14-12)9-4-3-5-10(15)8-9/h3-8,15H,2H2,1H3. The molecule has 2 aromatic rings. The summed E-state index contributed by atoms with van der Waals surface area (Å²) in [5.74, 6) is 1.07. The number of hydrogen-bond donors (Lipinski definition) is 1. The molecule has 0 amide bonds. The molecule has 1 aromatic heterocycles. The molecule has 0 saturated heterocycles. The first-order valence-corrected chi connectivity index (χ1v) is 4.91. The van der Waals surface area contributed by atoms with E-state index in [2.05, 4.69) is 9.97 Å². The Morgan fingerprint density at radius 3 is 2.87 bits per heavy atom. The van der Waals surface area contributed by atoms with E-state index in [1.807, 2.05) is 19.1 Å². The predicted molar refractivity (Wildman–Crippen MR) is 58.5 cm³/mol. The third kappa shape index (κ3) is 2.13. The van der Waals surface area contributed by atoms with Crippen molar-refractivity contribution in [3.63, 3.8) is 0 Å². The molecule has 3 nitrogen and oxygen atoms in total. The van der Waals surface area contributed by atoms with Gasteiger partial charge in [0.25, 0.3) is 0 Å². The van der Waals surface area contributed by atoms with Crippen molar-refractivity contribution in [1.29, 1.82) is 0 Å². The fraction of sp³-hybridized carbons (Fsp3) is 0.167. The molecule has 1 aromatic carbocycles. The molecule has 0 atom stereocenters. The SMILES string of the molecule is CCc1nccc(-c2cccc(O)c2)n1. The molecular weight excluding hydrogens is 188 g/mol. The van der Waals surface area contributed by atoms with Gasteiger partial charge < -0.3 is 5.11 Å². The summed E-state index contributed by atoms with van der Waals surface area (Å²) in [6.45, 7) is 2.02. The van der Waals surface area contributed by atoms with Crippen LogP contribution in [0.3, 0.4) is 0 Å². The highest BCUT2D eigenvalue weighted by atomic mass is 16.3. The van der Waals surface area contributed by atoms with E-state index in [1.165, 1.54) is 0 Å². The Morgan fingerprint density at radius 2 is 2.13 bits per heavy atom. The van der Waals surface area contributed by atoms with E-state index in [9.17, 15) is 5.11 Å². The van der Waals surface area contributed by atoms with Crippen molar-refractivity contribution in [3.8, 4) is 17.0 Å². The zero-order chi connectivity index (χ0) is 10.7. The van der Waals surface area contributed by atoms with Crippen LogP contribution in [0.5, 0.6) is 5.75 Å². The van der Waals surface area contributed by atoms with Gasteiger partial charge in [0.05, 0.1) is 5.69 Å². The highest BCUT2D eigenvalue weighted by molar-refractivity contribution is 5.60. The number of aryl methyl sites for hydroxylation is 1. The van der Waals surface area contributed by atoms with Crippen LogP contribution in [0.1, 0.15) is 12.7 Å². The van der Waals surface area contributed by atoms with Gasteiger partial charge in [0.2, 0.25) is 0 Å². The topological polar surface area (TPSA) is 46.0 Å². The second-order valence-electron chi connectivity index (χ2n) is 3.26. The maximum atomic E-state index is 9.36. The van der Waals surface area contributed by atoms with E-state index in [-0.39, 0.29) is 5.75 Å². The zero-order valence-electron chi connectivity index (χ0n) is 8.51. The molecule has 1 N–H and O–H groups in total. The van der Waals surface area contributed by atoms with E-state index in [4.69, 9.17) is 0 Å². The molecule has 0 fully saturated rings. The Bertz CT molecular complexity index is 469. The first kappa shape index (κ1) is 9.65. The maximum Gasteiger partial charge on any atom is 0.128 e. The predicted octanol–water partition coefficient (Wildman–Crippen LogP) is 2.41. The fourth-order valence-corrected chi connectivity index (χ4v) is 1.40. The van der Waals surface area contributed by atoms with Crippen LogP contribution >= 0.6 is 0 Å². The minimum Gasteiger partial charge on any atom is -0.508 e. The Morgan fingerprint density at radius 1 is 1.27 bits per heavy atom. The molecule has 0 spiro atoms. The zero-order valence-corrected chi connectivity index (χ0v) is 8.51. The number of phenols is 1. The molecule has 3 heteroatoms. The van der Waals surface area contributed by atoms with Crippen LogP contribution in [0.2, 0.25) is 0 Å². The Labute approximate surface area is 88.5 Å². The summed E-state index contributed by atoms with van der Waals surface area (Å²) < 4.78 is 0. The van der Waals surface area contributed by atoms with Crippen LogP contribution in [-0.4, -0.2) is 15.1 Å². The number of hydrogen-bond acceptors (Lipinski definition) is 3. The quantitative estimate of drug-likeness (QED) is 0.809. The largest absolute Gasteiger partial charge is 0.508 e. The van der Waals surface area contributed by atoms with Gasteiger partial charge >= 0.3 is 0 Å². The lowest BCUT2D eigenvalue weighted by atomic mass is 10.1. The molecular formula is C12H12N2O. The third-order valence-corrected chi connectivity index (χ3v) is 2.16. The van der Waals surface area contributed by atoms with Crippen molar-refractivity contribution in [2.24, 2.45) is 0 Å². The molecule has 0 saturated carbocycles. The van der Waals surface area contributed by atoms with Crippen molar-refractivity contribution in [3.05, 3.63) is 42.4 Å². The third-order valence-electron chi connectivity index (χ3n) is 2.16. The Balaban J connectivity index is 2.44. The van der Waals surface area contributed by atoms with Crippen LogP contribution < -0.4 is 0 Å². The average Bonchev–Trinajstić information content (AvgIpc) is 2.29. The van der Waals surface area contributed by atoms with Gasteiger partial charge in [0, 0.05) is 18.2 Å². The molecule has 76 valence electrons. The fourth-order valence-electron chi connectivity index (χ4n) is 1.40. The van der Waals surface area contributed by atoms with E-state index in [0.29, 0.717) is 0 Å². The van der Waals surface area contributed by atoms with Crippen LogP contribution in [0.15, 0.2) is 36.5 Å². The van der Waals surface area contributed by atoms with Gasteiger partial charge in [-0.1, -0.05) is 19.1 Å². The molecule has 1 heterocycles. The molecule has 15 heavy (non-hydrogen) atoms. The first-order chi connectivity index (χ1) is 7.29. The van der Waals surface area contributed by atoms with Crippen LogP contribution in [0.25, 0.3) is 11.3 Å². The smallest absolute Gasteiger partial charge is 0.128 e. The number of nitrogens with zero attached hydrogens (tertiary/aromatic N) is 2. The van der Waals surface area contributed by atoms with Gasteiger partial charge in [-0.25, -0.2) is 9.97 Å². The molecule has 0 bridgehead atoms. The molecule has 0 radical (unpaired) electrons. The number of phenolic OH excluding ortho intramolecular Hbond substituents is 1. The van der Waals surface area contributed by atoms with Crippen molar-refractivity contribution in [1.82, 2.24) is 9.97 Å². The van der Waals surface area contributed by atoms with Crippen LogP contribution in [0.4, 0.5) is 0 Å². The molecule has 0 aliphatic rings. The second-order valence-corrected chi connectivity index (χ2v) is 3.26. The highest BCUT2D eigenvalue weighted by Gasteiger charge is 2.01. The van der Waals surface area contributed by atoms with E-state index in [0.717, 1.165) is 23.5 Å². The second kappa shape index (κ2) is 4.09. The average molecular weight is 200 g/mol. The van der Waals surface area contributed by atoms with Crippen molar-refractivity contribution in [2.45, 2.75) is 13.3 Å². The van der Waals surface area contributed by atoms with E-state index in [1.54, 1.807) is 24.4 Å². The highest BCUT2D eigenvalue weighted by Crippen LogP contribution is 2.20. The van der Waals surface area contributed by atoms with Crippen LogP contribution in [-0.2, 0) is 6.42 Å². The monoisotopic (exact) mass is 200 g/mol. The van der Waals surface area contributed by atoms with Crippen molar-refractivity contribution < 1.29 is 5.11 Å². The summed E-state index contributed by atoms with van der Waals surface area (Å²) >= 11 is 0. The molecule has 0 aliphatic carbocycles. The van der Waals surface area contributed by atoms with Gasteiger partial charge in [0.1, 0.15) is 11.6 Å². The Kier molecular flexibility index (Phi) is 2.63. The van der Waals surface area contributed by atoms with E-state index < -0.39 is 0 Å². The Hall–Kier alpha value is -1.90. The van der Waals surface area contributed by atoms with Gasteiger partial charge in [0.15, 0.2) is 0 Å². The first-order valence-electron chi connectivity index (χ1n) is 4.91. The summed E-state index contributed by atoms with van der Waals surface area (Å²) in [5, 5.41) is 9.36. The van der Waals surface area contributed by atoms with Gasteiger partial charge in [-0.3, -0.25) is 0 Å². The molecule has 0 aliphatic heterocycles. The lowest BCUT2D eigenvalue weighted by Crippen LogP contribution is -1.93. The summed E-state index contributed by atoms with van der Waals surface area (Å²) in [6, 6.07) is 8.90. The lowest BCUT2D eigenvalue weighted by Gasteiger charge is -2.02. The summed E-state index contributed by atoms with van der Waals surface area (Å²) in [7, 11) is 0. The number of benzene rings is 1. The molecule has 0 unspecified atom stereocenters. The normalized spacial score (nSPS) is 10.2. The maximum absolute atomic E-state index is 9.36. The van der Waals surface area contributed by atoms with Gasteiger partial charge in [-0.2, -0.15) is 0 Å². The summed E-state index contributed by atoms with van der Waals surface area (Å²) in [6.07, 6.45) is 2.55. The van der Waals surface area contributed by atoms with Gasteiger partial charge in [-0.05, 0) is 18.2 Å². The lowest BCUT2D eigenvalue weighted by molar-refractivity contribution is 0.475. The van der Waals surface area contributed by atoms with Gasteiger partial charge in [-0.15, -0.1) is 0 Å². The van der Waals surface area contributed by atoms with Crippen molar-refractivity contribution >= 4 is 0 Å². The number of rotatable bonds is 2. The minimum absolute atomic E-state index is 0.254. The summed E-state index contributed by atoms with van der Waals surface area (Å²) in [4.78, 5) is 8.51. The number of aromatic nitrogens is 2.